The van der Waals surface area contributed by atoms with Crippen molar-refractivity contribution in [1.82, 2.24) is 9.55 Å². The average molecular weight is 466 g/mol. The molecule has 3 rings (SSSR count). The summed E-state index contributed by atoms with van der Waals surface area (Å²) < 4.78 is 31.7. The molecule has 1 aliphatic carbocycles. The topological polar surface area (TPSA) is 136 Å². The van der Waals surface area contributed by atoms with Crippen molar-refractivity contribution < 1.29 is 22.9 Å². The smallest absolute Gasteiger partial charge is 0.306 e. The Labute approximate surface area is 190 Å². The molecule has 0 aliphatic heterocycles. The number of aryl methyl sites for hydroxylation is 1. The molecule has 32 heavy (non-hydrogen) atoms. The summed E-state index contributed by atoms with van der Waals surface area (Å²) in [5, 5.41) is 9.27. The van der Waals surface area contributed by atoms with Crippen molar-refractivity contribution >= 4 is 16.1 Å². The monoisotopic (exact) mass is 465 g/mol. The predicted molar refractivity (Wildman–Crippen MR) is 123 cm³/mol. The normalized spacial score (nSPS) is 19.6. The summed E-state index contributed by atoms with van der Waals surface area (Å²) in [7, 11) is -4.02. The van der Waals surface area contributed by atoms with E-state index in [2.05, 4.69) is 16.5 Å². The van der Waals surface area contributed by atoms with Crippen molar-refractivity contribution in [3.63, 3.8) is 0 Å². The van der Waals surface area contributed by atoms with Gasteiger partial charge in [-0.15, -0.1) is 0 Å². The molecule has 0 bridgehead atoms. The van der Waals surface area contributed by atoms with Crippen LogP contribution in [0, 0.1) is 18.8 Å². The molecule has 1 atom stereocenters. The quantitative estimate of drug-likeness (QED) is 0.504. The first-order valence-electron chi connectivity index (χ1n) is 11.1. The zero-order chi connectivity index (χ0) is 23.7. The molecule has 9 heteroatoms. The van der Waals surface area contributed by atoms with E-state index >= 15 is 0 Å². The van der Waals surface area contributed by atoms with Crippen molar-refractivity contribution in [2.75, 3.05) is 6.54 Å². The van der Waals surface area contributed by atoms with Gasteiger partial charge in [-0.2, -0.15) is 8.42 Å². The molecule has 0 unspecified atom stereocenters. The molecule has 1 aliphatic rings. The highest BCUT2D eigenvalue weighted by Gasteiger charge is 2.22. The van der Waals surface area contributed by atoms with Crippen LogP contribution in [0.2, 0.25) is 0 Å². The van der Waals surface area contributed by atoms with Crippen molar-refractivity contribution in [3.05, 3.63) is 48.0 Å². The lowest BCUT2D eigenvalue weighted by atomic mass is 9.87. The molecule has 1 saturated carbocycles. The molecule has 0 amide bonds. The molecular weight excluding hydrogens is 430 g/mol. The number of rotatable bonds is 8. The summed E-state index contributed by atoms with van der Waals surface area (Å²) in [4.78, 5) is 15.6. The van der Waals surface area contributed by atoms with Crippen LogP contribution in [-0.2, 0) is 21.3 Å². The SMILES string of the molecule is CC1CCC(n2cnc(C[C@H](CCCN)C(=O)O)c2)CC1.Cc1ccc(S(=O)(=O)O)cc1. The zero-order valence-corrected chi connectivity index (χ0v) is 19.7. The number of carboxylic acids is 1. The lowest BCUT2D eigenvalue weighted by Gasteiger charge is -2.26. The van der Waals surface area contributed by atoms with E-state index in [-0.39, 0.29) is 10.8 Å². The van der Waals surface area contributed by atoms with Crippen LogP contribution < -0.4 is 5.73 Å². The highest BCUT2D eigenvalue weighted by Crippen LogP contribution is 2.31. The predicted octanol–water partition coefficient (Wildman–Crippen LogP) is 3.86. The van der Waals surface area contributed by atoms with E-state index in [0.29, 0.717) is 25.4 Å². The molecule has 0 spiro atoms. The van der Waals surface area contributed by atoms with E-state index in [0.717, 1.165) is 23.6 Å². The first-order valence-corrected chi connectivity index (χ1v) is 12.5. The summed E-state index contributed by atoms with van der Waals surface area (Å²) in [5.41, 5.74) is 7.31. The summed E-state index contributed by atoms with van der Waals surface area (Å²) in [6.07, 6.45) is 10.7. The van der Waals surface area contributed by atoms with Gasteiger partial charge in [0, 0.05) is 18.7 Å². The number of hydrogen-bond acceptors (Lipinski definition) is 5. The number of hydrogen-bond donors (Lipinski definition) is 3. The van der Waals surface area contributed by atoms with Gasteiger partial charge in [0.2, 0.25) is 0 Å². The van der Waals surface area contributed by atoms with E-state index in [1.165, 1.54) is 37.8 Å². The summed E-state index contributed by atoms with van der Waals surface area (Å²) in [5.74, 6) is -0.287. The Kier molecular flexibility index (Phi) is 9.86. The van der Waals surface area contributed by atoms with Gasteiger partial charge in [0.25, 0.3) is 10.1 Å². The molecule has 1 aromatic carbocycles. The lowest BCUT2D eigenvalue weighted by Crippen LogP contribution is -2.18. The van der Waals surface area contributed by atoms with Gasteiger partial charge in [-0.1, -0.05) is 24.6 Å². The molecule has 2 aromatic rings. The van der Waals surface area contributed by atoms with Gasteiger partial charge in [0.05, 0.1) is 22.8 Å². The number of benzene rings is 1. The minimum absolute atomic E-state index is 0.0666. The first kappa shape index (κ1) is 26.0. The number of nitrogens with two attached hydrogens (primary N) is 1. The third-order valence-electron chi connectivity index (χ3n) is 5.94. The number of nitrogens with zero attached hydrogens (tertiary/aromatic N) is 2. The molecule has 1 heterocycles. The number of carbonyl (C=O) groups is 1. The molecular formula is C23H35N3O5S. The second-order valence-corrected chi connectivity index (χ2v) is 10.1. The molecule has 8 nitrogen and oxygen atoms in total. The Balaban J connectivity index is 0.000000278. The van der Waals surface area contributed by atoms with Crippen LogP contribution in [0.4, 0.5) is 0 Å². The van der Waals surface area contributed by atoms with Crippen LogP contribution in [0.1, 0.15) is 62.7 Å². The summed E-state index contributed by atoms with van der Waals surface area (Å²) in [6, 6.07) is 6.52. The summed E-state index contributed by atoms with van der Waals surface area (Å²) in [6.45, 7) is 4.69. The van der Waals surface area contributed by atoms with E-state index < -0.39 is 16.1 Å². The number of carboxylic acid groups (broad SMARTS) is 1. The van der Waals surface area contributed by atoms with Gasteiger partial charge in [0.1, 0.15) is 0 Å². The zero-order valence-electron chi connectivity index (χ0n) is 18.9. The third-order valence-corrected chi connectivity index (χ3v) is 6.81. The lowest BCUT2D eigenvalue weighted by molar-refractivity contribution is -0.142. The minimum Gasteiger partial charge on any atom is -0.481 e. The Hall–Kier alpha value is -2.23. The first-order chi connectivity index (χ1) is 15.1. The van der Waals surface area contributed by atoms with E-state index in [9.17, 15) is 18.3 Å². The third kappa shape index (κ3) is 8.37. The van der Waals surface area contributed by atoms with E-state index in [1.807, 2.05) is 19.4 Å². The molecule has 0 radical (unpaired) electrons. The van der Waals surface area contributed by atoms with Crippen molar-refractivity contribution in [3.8, 4) is 0 Å². The number of imidazole rings is 1. The van der Waals surface area contributed by atoms with Gasteiger partial charge in [-0.05, 0) is 70.0 Å². The second-order valence-electron chi connectivity index (χ2n) is 8.68. The fraction of sp³-hybridized carbons (Fsp3) is 0.565. The standard InChI is InChI=1S/C16H27N3O2.C7H8O3S/c1-12-4-6-15(7-5-12)19-10-14(18-11-19)9-13(16(20)21)3-2-8-17;1-6-2-4-7(5-3-6)11(8,9)10/h10-13,15H,2-9,17H2,1H3,(H,20,21);2-5H,1H3,(H,8,9,10)/t12?,13-,15?;/m0./s1. The second kappa shape index (κ2) is 12.1. The van der Waals surface area contributed by atoms with Gasteiger partial charge in [-0.25, -0.2) is 4.98 Å². The Morgan fingerprint density at radius 3 is 2.38 bits per heavy atom. The average Bonchev–Trinajstić information content (AvgIpc) is 3.20. The van der Waals surface area contributed by atoms with Gasteiger partial charge < -0.3 is 15.4 Å². The fourth-order valence-electron chi connectivity index (χ4n) is 3.87. The summed E-state index contributed by atoms with van der Waals surface area (Å²) >= 11 is 0. The van der Waals surface area contributed by atoms with E-state index in [1.54, 1.807) is 12.1 Å². The highest BCUT2D eigenvalue weighted by molar-refractivity contribution is 7.85. The Bertz CT molecular complexity index is 948. The van der Waals surface area contributed by atoms with Crippen LogP contribution in [0.15, 0.2) is 41.7 Å². The minimum atomic E-state index is -4.02. The van der Waals surface area contributed by atoms with Crippen molar-refractivity contribution in [2.45, 2.75) is 69.7 Å². The van der Waals surface area contributed by atoms with Crippen LogP contribution in [0.3, 0.4) is 0 Å². The van der Waals surface area contributed by atoms with Crippen LogP contribution in [0.25, 0.3) is 0 Å². The van der Waals surface area contributed by atoms with Gasteiger partial charge in [-0.3, -0.25) is 9.35 Å². The van der Waals surface area contributed by atoms with Gasteiger partial charge >= 0.3 is 5.97 Å². The molecule has 4 N–H and O–H groups in total. The van der Waals surface area contributed by atoms with Crippen LogP contribution in [-0.4, -0.2) is 40.1 Å². The van der Waals surface area contributed by atoms with Crippen molar-refractivity contribution in [1.29, 1.82) is 0 Å². The maximum absolute atomic E-state index is 11.3. The van der Waals surface area contributed by atoms with Crippen LogP contribution >= 0.6 is 0 Å². The Morgan fingerprint density at radius 1 is 1.22 bits per heavy atom. The van der Waals surface area contributed by atoms with Crippen LogP contribution in [0.5, 0.6) is 0 Å². The highest BCUT2D eigenvalue weighted by atomic mass is 32.2. The largest absolute Gasteiger partial charge is 0.481 e. The fourth-order valence-corrected chi connectivity index (χ4v) is 4.35. The number of aliphatic carboxylic acids is 1. The van der Waals surface area contributed by atoms with Gasteiger partial charge in [0.15, 0.2) is 0 Å². The number of aromatic nitrogens is 2. The maximum Gasteiger partial charge on any atom is 0.306 e. The molecule has 0 saturated heterocycles. The van der Waals surface area contributed by atoms with Crippen molar-refractivity contribution in [2.24, 2.45) is 17.6 Å². The Morgan fingerprint density at radius 2 is 1.84 bits per heavy atom. The maximum atomic E-state index is 11.3. The van der Waals surface area contributed by atoms with E-state index in [4.69, 9.17) is 10.3 Å². The molecule has 178 valence electrons. The molecule has 1 aromatic heterocycles. The molecule has 1 fully saturated rings.